The van der Waals surface area contributed by atoms with Gasteiger partial charge in [-0.2, -0.15) is 0 Å². The zero-order valence-corrected chi connectivity index (χ0v) is 6.08. The van der Waals surface area contributed by atoms with Crippen LogP contribution >= 0.6 is 11.3 Å². The van der Waals surface area contributed by atoms with Crippen molar-refractivity contribution >= 4 is 23.0 Å². The molecule has 0 aromatic carbocycles. The van der Waals surface area contributed by atoms with Crippen LogP contribution in [0.1, 0.15) is 5.69 Å². The normalized spacial score (nSPS) is 11.5. The fraction of sp³-hybridized carbons (Fsp3) is 0. The van der Waals surface area contributed by atoms with Gasteiger partial charge in [-0.15, -0.1) is 11.3 Å². The molecule has 0 radical (unpaired) electrons. The molecule has 0 fully saturated rings. The second-order valence-corrected chi connectivity index (χ2v) is 2.35. The summed E-state index contributed by atoms with van der Waals surface area (Å²) in [6.07, 6.45) is 0. The zero-order valence-electron chi connectivity index (χ0n) is 5.26. The maximum atomic E-state index is 10.3. The van der Waals surface area contributed by atoms with Crippen molar-refractivity contribution < 1.29 is 15.1 Å². The van der Waals surface area contributed by atoms with E-state index in [4.69, 9.17) is 10.3 Å². The number of nitrogens with zero attached hydrogens (tertiary/aromatic N) is 2. The Hall–Kier alpha value is -1.43. The number of aromatic nitrogens is 1. The number of aliphatic carboxylic acids is 1. The number of carbonyl (C=O) groups is 1. The van der Waals surface area contributed by atoms with Crippen molar-refractivity contribution in [2.24, 2.45) is 5.16 Å². The fourth-order valence-corrected chi connectivity index (χ4v) is 1.07. The molecule has 0 spiro atoms. The van der Waals surface area contributed by atoms with E-state index in [1.807, 2.05) is 0 Å². The fourth-order valence-electron chi connectivity index (χ4n) is 0.533. The quantitative estimate of drug-likeness (QED) is 0.384. The molecule has 0 saturated heterocycles. The van der Waals surface area contributed by atoms with Crippen molar-refractivity contribution in [1.82, 2.24) is 4.98 Å². The van der Waals surface area contributed by atoms with E-state index in [1.165, 1.54) is 22.2 Å². The lowest BCUT2D eigenvalue weighted by Gasteiger charge is -1.90. The first kappa shape index (κ1) is 7.67. The third-order valence-corrected chi connectivity index (χ3v) is 1.56. The van der Waals surface area contributed by atoms with Gasteiger partial charge in [-0.05, 0) is 0 Å². The van der Waals surface area contributed by atoms with Gasteiger partial charge in [-0.25, -0.2) is 9.78 Å². The predicted octanol–water partition coefficient (Wildman–Crippen LogP) is 0.406. The molecule has 0 aliphatic rings. The summed E-state index contributed by atoms with van der Waals surface area (Å²) < 4.78 is 0. The van der Waals surface area contributed by atoms with Crippen molar-refractivity contribution in [2.45, 2.75) is 0 Å². The van der Waals surface area contributed by atoms with Crippen LogP contribution in [-0.2, 0) is 4.79 Å². The molecular formula is C5H4N2O3S. The Morgan fingerprint density at radius 1 is 1.73 bits per heavy atom. The number of thiazole rings is 1. The molecule has 0 aliphatic carbocycles. The Morgan fingerprint density at radius 3 is 2.82 bits per heavy atom. The second-order valence-electron chi connectivity index (χ2n) is 1.63. The number of hydrogen-bond acceptors (Lipinski definition) is 5. The van der Waals surface area contributed by atoms with Crippen LogP contribution in [-0.4, -0.2) is 27.0 Å². The van der Waals surface area contributed by atoms with Crippen LogP contribution in [0.3, 0.4) is 0 Å². The van der Waals surface area contributed by atoms with Crippen molar-refractivity contribution in [3.63, 3.8) is 0 Å². The van der Waals surface area contributed by atoms with Gasteiger partial charge in [0.05, 0.1) is 5.51 Å². The summed E-state index contributed by atoms with van der Waals surface area (Å²) in [5.41, 5.74) is 1.19. The molecule has 0 bridgehead atoms. The lowest BCUT2D eigenvalue weighted by atomic mass is 10.3. The molecule has 0 saturated carbocycles. The average molecular weight is 172 g/mol. The van der Waals surface area contributed by atoms with Crippen LogP contribution in [0.5, 0.6) is 0 Å². The van der Waals surface area contributed by atoms with E-state index in [0.717, 1.165) is 0 Å². The Balaban J connectivity index is 2.99. The van der Waals surface area contributed by atoms with E-state index in [1.54, 1.807) is 0 Å². The Kier molecular flexibility index (Phi) is 2.17. The highest BCUT2D eigenvalue weighted by atomic mass is 32.1. The first-order valence-corrected chi connectivity index (χ1v) is 3.54. The minimum absolute atomic E-state index is 0.171. The highest BCUT2D eigenvalue weighted by Gasteiger charge is 2.14. The molecule has 58 valence electrons. The third kappa shape index (κ3) is 1.53. The van der Waals surface area contributed by atoms with Gasteiger partial charge in [-0.3, -0.25) is 0 Å². The van der Waals surface area contributed by atoms with Crippen molar-refractivity contribution in [1.29, 1.82) is 0 Å². The van der Waals surface area contributed by atoms with Crippen molar-refractivity contribution in [3.05, 3.63) is 16.6 Å². The molecule has 0 amide bonds. The van der Waals surface area contributed by atoms with Gasteiger partial charge < -0.3 is 10.3 Å². The summed E-state index contributed by atoms with van der Waals surface area (Å²) >= 11 is 1.23. The van der Waals surface area contributed by atoms with Crippen LogP contribution in [0.2, 0.25) is 0 Å². The topological polar surface area (TPSA) is 82.8 Å². The molecule has 1 aromatic heterocycles. The number of carboxylic acids is 1. The highest BCUT2D eigenvalue weighted by molar-refractivity contribution is 7.07. The molecule has 1 aromatic rings. The van der Waals surface area contributed by atoms with Crippen LogP contribution < -0.4 is 0 Å². The number of carboxylic acid groups (broad SMARTS) is 1. The monoisotopic (exact) mass is 172 g/mol. The summed E-state index contributed by atoms with van der Waals surface area (Å²) in [6, 6.07) is 0. The van der Waals surface area contributed by atoms with E-state index in [-0.39, 0.29) is 5.69 Å². The van der Waals surface area contributed by atoms with Gasteiger partial charge >= 0.3 is 5.97 Å². The molecule has 1 rings (SSSR count). The van der Waals surface area contributed by atoms with Gasteiger partial charge in [0.25, 0.3) is 0 Å². The van der Waals surface area contributed by atoms with Gasteiger partial charge in [0.1, 0.15) is 5.69 Å². The maximum Gasteiger partial charge on any atom is 0.360 e. The van der Waals surface area contributed by atoms with Crippen LogP contribution in [0.15, 0.2) is 16.0 Å². The Bertz CT molecular complexity index is 280. The predicted molar refractivity (Wildman–Crippen MR) is 38.1 cm³/mol. The minimum atomic E-state index is -1.29. The standard InChI is InChI=1S/C5H4N2O3S/c8-5(9)4(7-10)3-1-11-2-6-3/h1-2,10H,(H,8,9). The zero-order chi connectivity index (χ0) is 8.27. The van der Waals surface area contributed by atoms with Gasteiger partial charge in [0.15, 0.2) is 0 Å². The summed E-state index contributed by atoms with van der Waals surface area (Å²) in [7, 11) is 0. The largest absolute Gasteiger partial charge is 0.476 e. The summed E-state index contributed by atoms with van der Waals surface area (Å²) in [5.74, 6) is -1.29. The molecule has 0 atom stereocenters. The van der Waals surface area contributed by atoms with Crippen LogP contribution in [0, 0.1) is 0 Å². The van der Waals surface area contributed by atoms with Crippen LogP contribution in [0.25, 0.3) is 0 Å². The van der Waals surface area contributed by atoms with E-state index in [0.29, 0.717) is 0 Å². The molecule has 5 nitrogen and oxygen atoms in total. The van der Waals surface area contributed by atoms with E-state index >= 15 is 0 Å². The lowest BCUT2D eigenvalue weighted by Crippen LogP contribution is -2.14. The Morgan fingerprint density at radius 2 is 2.45 bits per heavy atom. The smallest absolute Gasteiger partial charge is 0.360 e. The molecule has 6 heteroatoms. The summed E-state index contributed by atoms with van der Waals surface area (Å²) in [5, 5.41) is 20.7. The third-order valence-electron chi connectivity index (χ3n) is 0.978. The summed E-state index contributed by atoms with van der Waals surface area (Å²) in [4.78, 5) is 14.0. The first-order chi connectivity index (χ1) is 5.25. The Labute approximate surface area is 65.6 Å². The van der Waals surface area contributed by atoms with Gasteiger partial charge in [0.2, 0.25) is 5.71 Å². The average Bonchev–Trinajstić information content (AvgIpc) is 2.40. The SMILES string of the molecule is O=C(O)C(=NO)c1cscn1. The molecule has 0 unspecified atom stereocenters. The van der Waals surface area contributed by atoms with Crippen molar-refractivity contribution in [2.75, 3.05) is 0 Å². The molecular weight excluding hydrogens is 168 g/mol. The maximum absolute atomic E-state index is 10.3. The van der Waals surface area contributed by atoms with Gasteiger partial charge in [0, 0.05) is 5.38 Å². The van der Waals surface area contributed by atoms with E-state index in [9.17, 15) is 4.79 Å². The van der Waals surface area contributed by atoms with E-state index in [2.05, 4.69) is 10.1 Å². The molecule has 1 heterocycles. The highest BCUT2D eigenvalue weighted by Crippen LogP contribution is 2.02. The summed E-state index contributed by atoms with van der Waals surface area (Å²) in [6.45, 7) is 0. The number of oxime groups is 1. The van der Waals surface area contributed by atoms with E-state index < -0.39 is 11.7 Å². The lowest BCUT2D eigenvalue weighted by molar-refractivity contribution is -0.129. The number of rotatable bonds is 2. The number of hydrogen-bond donors (Lipinski definition) is 2. The van der Waals surface area contributed by atoms with Crippen LogP contribution in [0.4, 0.5) is 0 Å². The second kappa shape index (κ2) is 3.11. The molecule has 11 heavy (non-hydrogen) atoms. The minimum Gasteiger partial charge on any atom is -0.476 e. The van der Waals surface area contributed by atoms with Crippen molar-refractivity contribution in [3.8, 4) is 0 Å². The first-order valence-electron chi connectivity index (χ1n) is 2.59. The molecule has 0 aliphatic heterocycles. The van der Waals surface area contributed by atoms with Gasteiger partial charge in [-0.1, -0.05) is 5.16 Å². The molecule has 2 N–H and O–H groups in total.